The Labute approximate surface area is 233 Å². The molecule has 188 valence electrons. The van der Waals surface area contributed by atoms with Gasteiger partial charge in [-0.3, -0.25) is 9.59 Å². The Hall–Kier alpha value is -1.22. The van der Waals surface area contributed by atoms with Gasteiger partial charge in [0.05, 0.1) is 39.9 Å². The average Bonchev–Trinajstić information content (AvgIpc) is 3.58. The number of amides is 2. The van der Waals surface area contributed by atoms with Gasteiger partial charge in [0.1, 0.15) is 0 Å². The Morgan fingerprint density at radius 2 is 1.17 bits per heavy atom. The van der Waals surface area contributed by atoms with Gasteiger partial charge in [0.25, 0.3) is 11.8 Å². The van der Waals surface area contributed by atoms with Crippen LogP contribution in [0.3, 0.4) is 0 Å². The molecule has 35 heavy (non-hydrogen) atoms. The second-order valence-corrected chi connectivity index (χ2v) is 14.1. The topological polar surface area (TPSA) is 40.6 Å². The van der Waals surface area contributed by atoms with Crippen molar-refractivity contribution in [1.82, 2.24) is 9.80 Å². The fourth-order valence-corrected chi connectivity index (χ4v) is 7.78. The number of hydrogen-bond donors (Lipinski definition) is 0. The molecule has 0 aromatic carbocycles. The maximum Gasteiger partial charge on any atom is 0.261 e. The van der Waals surface area contributed by atoms with Crippen LogP contribution in [-0.2, 0) is 9.59 Å². The predicted octanol–water partition coefficient (Wildman–Crippen LogP) is 8.69. The molecule has 0 atom stereocenters. The van der Waals surface area contributed by atoms with Crippen molar-refractivity contribution in [3.05, 3.63) is 52.7 Å². The minimum Gasteiger partial charge on any atom is -0.309 e. The van der Waals surface area contributed by atoms with Gasteiger partial charge in [-0.1, -0.05) is 64.7 Å². The highest BCUT2D eigenvalue weighted by Crippen LogP contribution is 2.48. The maximum atomic E-state index is 13.8. The van der Waals surface area contributed by atoms with Gasteiger partial charge in [-0.2, -0.15) is 0 Å². The quantitative estimate of drug-likeness (QED) is 0.206. The van der Waals surface area contributed by atoms with Crippen LogP contribution < -0.4 is 0 Å². The molecule has 4 rings (SSSR count). The van der Waals surface area contributed by atoms with Crippen LogP contribution in [0.4, 0.5) is 0 Å². The van der Waals surface area contributed by atoms with Crippen molar-refractivity contribution in [2.75, 3.05) is 13.6 Å². The first-order valence-corrected chi connectivity index (χ1v) is 15.8. The highest BCUT2D eigenvalue weighted by molar-refractivity contribution is 9.11. The number of unbranched alkanes of at least 4 members (excludes halogenated alkanes) is 9. The van der Waals surface area contributed by atoms with Gasteiger partial charge in [0, 0.05) is 13.6 Å². The fraction of sp³-hybridized carbons (Fsp3) is 0.481. The Morgan fingerprint density at radius 3 is 1.69 bits per heavy atom. The molecule has 2 aromatic heterocycles. The minimum atomic E-state index is -0.0991. The summed E-state index contributed by atoms with van der Waals surface area (Å²) in [5.74, 6) is -0.148. The highest BCUT2D eigenvalue weighted by atomic mass is 79.9. The van der Waals surface area contributed by atoms with E-state index < -0.39 is 0 Å². The first-order valence-electron chi connectivity index (χ1n) is 12.5. The lowest BCUT2D eigenvalue weighted by atomic mass is 10.1. The van der Waals surface area contributed by atoms with Gasteiger partial charge in [0.2, 0.25) is 0 Å². The van der Waals surface area contributed by atoms with E-state index in [9.17, 15) is 9.59 Å². The van der Waals surface area contributed by atoms with E-state index in [2.05, 4.69) is 38.8 Å². The summed E-state index contributed by atoms with van der Waals surface area (Å²) in [7, 11) is 1.77. The smallest absolute Gasteiger partial charge is 0.261 e. The third-order valence-electron chi connectivity index (χ3n) is 6.65. The first kappa shape index (κ1) is 26.8. The third kappa shape index (κ3) is 5.86. The lowest BCUT2D eigenvalue weighted by Crippen LogP contribution is -2.28. The van der Waals surface area contributed by atoms with Gasteiger partial charge < -0.3 is 9.80 Å². The molecule has 0 saturated carbocycles. The second kappa shape index (κ2) is 12.3. The molecule has 0 spiro atoms. The number of carbonyl (C=O) groups excluding carboxylic acids is 2. The predicted molar refractivity (Wildman–Crippen MR) is 154 cm³/mol. The van der Waals surface area contributed by atoms with Crippen molar-refractivity contribution >= 4 is 77.7 Å². The Kier molecular flexibility index (Phi) is 9.47. The number of hydrogen-bond acceptors (Lipinski definition) is 4. The lowest BCUT2D eigenvalue weighted by molar-refractivity contribution is -0.123. The van der Waals surface area contributed by atoms with Gasteiger partial charge >= 0.3 is 0 Å². The third-order valence-corrected chi connectivity index (χ3v) is 9.92. The zero-order valence-electron chi connectivity index (χ0n) is 20.4. The van der Waals surface area contributed by atoms with Crippen molar-refractivity contribution in [3.8, 4) is 0 Å². The zero-order valence-corrected chi connectivity index (χ0v) is 25.2. The molecule has 0 aliphatic carbocycles. The lowest BCUT2D eigenvalue weighted by Gasteiger charge is -2.22. The maximum absolute atomic E-state index is 13.8. The molecule has 0 N–H and O–H groups in total. The molecule has 0 bridgehead atoms. The molecule has 2 aliphatic heterocycles. The normalized spacial score (nSPS) is 15.9. The second-order valence-electron chi connectivity index (χ2n) is 9.16. The molecule has 2 aliphatic rings. The molecule has 0 saturated heterocycles. The largest absolute Gasteiger partial charge is 0.309 e. The number of nitrogens with zero attached hydrogens (tertiary/aromatic N) is 2. The Bertz CT molecular complexity index is 1150. The monoisotopic (exact) mass is 638 g/mol. The van der Waals surface area contributed by atoms with Crippen LogP contribution in [0.25, 0.3) is 11.4 Å². The fourth-order valence-electron chi connectivity index (χ4n) is 4.86. The molecule has 2 amide bonds. The summed E-state index contributed by atoms with van der Waals surface area (Å²) in [5, 5.41) is 0. The van der Waals surface area contributed by atoms with Crippen molar-refractivity contribution in [2.24, 2.45) is 0 Å². The van der Waals surface area contributed by atoms with Crippen LogP contribution in [-0.4, -0.2) is 35.2 Å². The molecule has 4 nitrogen and oxygen atoms in total. The average molecular weight is 641 g/mol. The van der Waals surface area contributed by atoms with Crippen molar-refractivity contribution in [2.45, 2.75) is 71.1 Å². The molecule has 4 heterocycles. The number of carbonyl (C=O) groups is 2. The number of rotatable bonds is 13. The zero-order chi connectivity index (χ0) is 24.9. The minimum absolute atomic E-state index is 0.0485. The van der Waals surface area contributed by atoms with E-state index in [-0.39, 0.29) is 11.8 Å². The standard InChI is InChI=1S/C27H32Br2N2O2S2/c1-3-4-5-6-7-8-9-10-11-12-17-31-25(19-14-16-21(29)35-19)23-22(27(31)33)24(30(2)26(23)32)18-13-15-20(28)34-18/h13-16H,3-12,17H2,1-2H3. The van der Waals surface area contributed by atoms with Gasteiger partial charge in [0.15, 0.2) is 0 Å². The summed E-state index contributed by atoms with van der Waals surface area (Å²) >= 11 is 10.2. The van der Waals surface area contributed by atoms with Crippen LogP contribution in [0, 0.1) is 0 Å². The van der Waals surface area contributed by atoms with E-state index in [1.54, 1.807) is 34.6 Å². The molecule has 0 unspecified atom stereocenters. The van der Waals surface area contributed by atoms with Crippen molar-refractivity contribution in [1.29, 1.82) is 0 Å². The first-order chi connectivity index (χ1) is 16.9. The summed E-state index contributed by atoms with van der Waals surface area (Å²) in [6.07, 6.45) is 12.5. The van der Waals surface area contributed by atoms with Gasteiger partial charge in [-0.25, -0.2) is 0 Å². The van der Waals surface area contributed by atoms with Crippen LogP contribution in [0.2, 0.25) is 0 Å². The SMILES string of the molecule is CCCCCCCCCCCCN1C(=O)C2=C(c3ccc(Br)s3)N(C)C(=O)C2=C1c1ccc(Br)s1. The number of thiophene rings is 2. The summed E-state index contributed by atoms with van der Waals surface area (Å²) in [6, 6.07) is 7.93. The van der Waals surface area contributed by atoms with Gasteiger partial charge in [-0.05, 0) is 62.5 Å². The molecule has 0 radical (unpaired) electrons. The van der Waals surface area contributed by atoms with Crippen LogP contribution in [0.1, 0.15) is 80.9 Å². The Balaban J connectivity index is 1.49. The van der Waals surface area contributed by atoms with E-state index >= 15 is 0 Å². The van der Waals surface area contributed by atoms with E-state index in [0.29, 0.717) is 17.7 Å². The molecule has 2 aromatic rings. The molecule has 0 fully saturated rings. The van der Waals surface area contributed by atoms with Crippen molar-refractivity contribution < 1.29 is 9.59 Å². The molecular weight excluding hydrogens is 608 g/mol. The molecule has 8 heteroatoms. The highest BCUT2D eigenvalue weighted by Gasteiger charge is 2.48. The van der Waals surface area contributed by atoms with Crippen molar-refractivity contribution in [3.63, 3.8) is 0 Å². The molecular formula is C27H32Br2N2O2S2. The summed E-state index contributed by atoms with van der Waals surface area (Å²) in [6.45, 7) is 2.90. The van der Waals surface area contributed by atoms with Crippen LogP contribution in [0.15, 0.2) is 43.0 Å². The summed E-state index contributed by atoms with van der Waals surface area (Å²) in [4.78, 5) is 32.6. The number of likely N-dealkylation sites (N-methyl/N-ethyl adjacent to an activating group) is 1. The van der Waals surface area contributed by atoms with Gasteiger partial charge in [-0.15, -0.1) is 22.7 Å². The van der Waals surface area contributed by atoms with E-state index in [4.69, 9.17) is 0 Å². The summed E-state index contributed by atoms with van der Waals surface area (Å²) in [5.41, 5.74) is 2.61. The van der Waals surface area contributed by atoms with E-state index in [1.165, 1.54) is 51.4 Å². The van der Waals surface area contributed by atoms with E-state index in [0.717, 1.165) is 41.6 Å². The van der Waals surface area contributed by atoms with Crippen LogP contribution >= 0.6 is 54.5 Å². The van der Waals surface area contributed by atoms with E-state index in [1.807, 2.05) is 29.2 Å². The summed E-state index contributed by atoms with van der Waals surface area (Å²) < 4.78 is 1.97. The number of fused-ring (bicyclic) bond motifs is 1. The van der Waals surface area contributed by atoms with Crippen LogP contribution in [0.5, 0.6) is 0 Å². The Morgan fingerprint density at radius 1 is 0.686 bits per heavy atom. The number of halogens is 2.